The number of nitrogens with zero attached hydrogens (tertiary/aromatic N) is 2. The third kappa shape index (κ3) is 1.87. The zero-order valence-electron chi connectivity index (χ0n) is 9.94. The maximum atomic E-state index is 6.12. The Labute approximate surface area is 110 Å². The third-order valence-electron chi connectivity index (χ3n) is 2.98. The summed E-state index contributed by atoms with van der Waals surface area (Å²) in [5, 5.41) is 0.604. The number of rotatable bonds is 2. The topological polar surface area (TPSA) is 41.6 Å². The molecule has 0 unspecified atom stereocenters. The molecule has 3 rings (SSSR count). The summed E-state index contributed by atoms with van der Waals surface area (Å²) in [6, 6.07) is 8.12. The van der Waals surface area contributed by atoms with Gasteiger partial charge in [-0.25, -0.2) is 4.98 Å². The number of aryl methyl sites for hydroxylation is 1. The summed E-state index contributed by atoms with van der Waals surface area (Å²) in [7, 11) is 0. The standard InChI is InChI=1S/C14H12ClN3/c1-2-9-3-4-12-13(7-9)18-14(17-12)10-5-6-16-8-11(10)15/h3-8H,2H2,1H3,(H,17,18). The molecule has 0 bridgehead atoms. The van der Waals surface area contributed by atoms with Crippen molar-refractivity contribution in [3.8, 4) is 11.4 Å². The highest BCUT2D eigenvalue weighted by Gasteiger charge is 2.08. The van der Waals surface area contributed by atoms with Crippen LogP contribution < -0.4 is 0 Å². The summed E-state index contributed by atoms with van der Waals surface area (Å²) in [6.45, 7) is 2.14. The van der Waals surface area contributed by atoms with Gasteiger partial charge in [0.15, 0.2) is 0 Å². The summed E-state index contributed by atoms with van der Waals surface area (Å²) in [4.78, 5) is 11.8. The number of aromatic amines is 1. The van der Waals surface area contributed by atoms with E-state index in [1.165, 1.54) is 5.56 Å². The van der Waals surface area contributed by atoms with E-state index in [1.54, 1.807) is 12.4 Å². The molecule has 2 aromatic heterocycles. The van der Waals surface area contributed by atoms with E-state index in [4.69, 9.17) is 11.6 Å². The molecule has 0 aliphatic carbocycles. The molecule has 0 saturated heterocycles. The highest BCUT2D eigenvalue weighted by Crippen LogP contribution is 2.26. The van der Waals surface area contributed by atoms with Crippen molar-refractivity contribution >= 4 is 22.6 Å². The second-order valence-corrected chi connectivity index (χ2v) is 4.55. The van der Waals surface area contributed by atoms with Crippen molar-refractivity contribution in [1.29, 1.82) is 0 Å². The highest BCUT2D eigenvalue weighted by atomic mass is 35.5. The average molecular weight is 258 g/mol. The molecular formula is C14H12ClN3. The zero-order chi connectivity index (χ0) is 12.5. The van der Waals surface area contributed by atoms with Crippen molar-refractivity contribution < 1.29 is 0 Å². The Morgan fingerprint density at radius 1 is 1.28 bits per heavy atom. The van der Waals surface area contributed by atoms with E-state index in [0.29, 0.717) is 5.02 Å². The first-order valence-corrected chi connectivity index (χ1v) is 6.24. The van der Waals surface area contributed by atoms with E-state index >= 15 is 0 Å². The van der Waals surface area contributed by atoms with Crippen LogP contribution in [0.25, 0.3) is 22.4 Å². The Kier molecular flexibility index (Phi) is 2.76. The molecule has 1 aromatic carbocycles. The number of H-pyrrole nitrogens is 1. The smallest absolute Gasteiger partial charge is 0.140 e. The van der Waals surface area contributed by atoms with Crippen molar-refractivity contribution in [1.82, 2.24) is 15.0 Å². The van der Waals surface area contributed by atoms with E-state index in [1.807, 2.05) is 12.1 Å². The Morgan fingerprint density at radius 2 is 2.17 bits per heavy atom. The van der Waals surface area contributed by atoms with E-state index in [-0.39, 0.29) is 0 Å². The number of benzene rings is 1. The van der Waals surface area contributed by atoms with E-state index in [2.05, 4.69) is 34.0 Å². The largest absolute Gasteiger partial charge is 0.338 e. The fourth-order valence-corrected chi connectivity index (χ4v) is 2.18. The summed E-state index contributed by atoms with van der Waals surface area (Å²) < 4.78 is 0. The Morgan fingerprint density at radius 3 is 2.94 bits per heavy atom. The normalized spacial score (nSPS) is 11.0. The van der Waals surface area contributed by atoms with Crippen LogP contribution in [0.15, 0.2) is 36.7 Å². The van der Waals surface area contributed by atoms with Crippen LogP contribution in [-0.2, 0) is 6.42 Å². The van der Waals surface area contributed by atoms with Crippen molar-refractivity contribution in [2.45, 2.75) is 13.3 Å². The Hall–Kier alpha value is -1.87. The van der Waals surface area contributed by atoms with Crippen molar-refractivity contribution in [3.05, 3.63) is 47.2 Å². The molecule has 0 saturated carbocycles. The van der Waals surface area contributed by atoms with Gasteiger partial charge in [-0.3, -0.25) is 4.98 Å². The number of halogens is 1. The van der Waals surface area contributed by atoms with Crippen LogP contribution in [0.2, 0.25) is 5.02 Å². The molecule has 4 heteroatoms. The molecule has 2 heterocycles. The average Bonchev–Trinajstić information content (AvgIpc) is 2.81. The van der Waals surface area contributed by atoms with Crippen LogP contribution >= 0.6 is 11.6 Å². The van der Waals surface area contributed by atoms with Gasteiger partial charge in [-0.05, 0) is 30.2 Å². The monoisotopic (exact) mass is 257 g/mol. The Balaban J connectivity index is 2.17. The predicted octanol–water partition coefficient (Wildman–Crippen LogP) is 3.84. The van der Waals surface area contributed by atoms with Gasteiger partial charge in [-0.2, -0.15) is 0 Å². The number of hydrogen-bond donors (Lipinski definition) is 1. The number of pyridine rings is 1. The number of hydrogen-bond acceptors (Lipinski definition) is 2. The van der Waals surface area contributed by atoms with Gasteiger partial charge in [-0.15, -0.1) is 0 Å². The first kappa shape index (κ1) is 11.2. The lowest BCUT2D eigenvalue weighted by molar-refractivity contribution is 1.14. The zero-order valence-corrected chi connectivity index (χ0v) is 10.7. The predicted molar refractivity (Wildman–Crippen MR) is 73.7 cm³/mol. The molecule has 0 radical (unpaired) electrons. The fourth-order valence-electron chi connectivity index (χ4n) is 1.97. The molecule has 1 N–H and O–H groups in total. The van der Waals surface area contributed by atoms with Gasteiger partial charge < -0.3 is 4.98 Å². The molecule has 0 aliphatic heterocycles. The summed E-state index contributed by atoms with van der Waals surface area (Å²) in [6.07, 6.45) is 4.35. The maximum absolute atomic E-state index is 6.12. The summed E-state index contributed by atoms with van der Waals surface area (Å²) in [5.74, 6) is 0.783. The molecule has 0 atom stereocenters. The summed E-state index contributed by atoms with van der Waals surface area (Å²) in [5.41, 5.74) is 4.16. The van der Waals surface area contributed by atoms with Gasteiger partial charge in [0.1, 0.15) is 5.82 Å². The van der Waals surface area contributed by atoms with Crippen molar-refractivity contribution in [2.24, 2.45) is 0 Å². The van der Waals surface area contributed by atoms with Crippen molar-refractivity contribution in [2.75, 3.05) is 0 Å². The molecule has 0 fully saturated rings. The Bertz CT molecular complexity index is 703. The quantitative estimate of drug-likeness (QED) is 0.758. The number of nitrogens with one attached hydrogen (secondary N) is 1. The maximum Gasteiger partial charge on any atom is 0.140 e. The SMILES string of the molecule is CCc1ccc2nc(-c3ccncc3Cl)[nH]c2c1. The van der Waals surface area contributed by atoms with Gasteiger partial charge in [0.2, 0.25) is 0 Å². The third-order valence-corrected chi connectivity index (χ3v) is 3.28. The first-order chi connectivity index (χ1) is 8.78. The summed E-state index contributed by atoms with van der Waals surface area (Å²) >= 11 is 6.12. The molecule has 0 spiro atoms. The number of imidazole rings is 1. The van der Waals surface area contributed by atoms with Gasteiger partial charge in [0, 0.05) is 18.0 Å². The van der Waals surface area contributed by atoms with E-state index < -0.39 is 0 Å². The fraction of sp³-hybridized carbons (Fsp3) is 0.143. The molecular weight excluding hydrogens is 246 g/mol. The number of aromatic nitrogens is 3. The number of fused-ring (bicyclic) bond motifs is 1. The van der Waals surface area contributed by atoms with Gasteiger partial charge in [0.05, 0.1) is 16.1 Å². The lowest BCUT2D eigenvalue weighted by atomic mass is 10.1. The first-order valence-electron chi connectivity index (χ1n) is 5.86. The van der Waals surface area contributed by atoms with Gasteiger partial charge in [-0.1, -0.05) is 24.6 Å². The lowest BCUT2D eigenvalue weighted by Gasteiger charge is -1.97. The lowest BCUT2D eigenvalue weighted by Crippen LogP contribution is -1.82. The minimum atomic E-state index is 0.604. The molecule has 3 nitrogen and oxygen atoms in total. The van der Waals surface area contributed by atoms with E-state index in [0.717, 1.165) is 28.8 Å². The minimum absolute atomic E-state index is 0.604. The van der Waals surface area contributed by atoms with Crippen LogP contribution in [0, 0.1) is 0 Å². The molecule has 90 valence electrons. The van der Waals surface area contributed by atoms with Gasteiger partial charge >= 0.3 is 0 Å². The second-order valence-electron chi connectivity index (χ2n) is 4.15. The minimum Gasteiger partial charge on any atom is -0.338 e. The molecule has 18 heavy (non-hydrogen) atoms. The van der Waals surface area contributed by atoms with Crippen LogP contribution in [0.3, 0.4) is 0 Å². The van der Waals surface area contributed by atoms with Crippen LogP contribution in [0.4, 0.5) is 0 Å². The molecule has 0 aliphatic rings. The van der Waals surface area contributed by atoms with Crippen LogP contribution in [-0.4, -0.2) is 15.0 Å². The van der Waals surface area contributed by atoms with E-state index in [9.17, 15) is 0 Å². The molecule has 3 aromatic rings. The van der Waals surface area contributed by atoms with Crippen molar-refractivity contribution in [3.63, 3.8) is 0 Å². The second kappa shape index (κ2) is 4.42. The highest BCUT2D eigenvalue weighted by molar-refractivity contribution is 6.33. The van der Waals surface area contributed by atoms with Gasteiger partial charge in [0.25, 0.3) is 0 Å². The molecule has 0 amide bonds. The van der Waals surface area contributed by atoms with Crippen LogP contribution in [0.1, 0.15) is 12.5 Å². The van der Waals surface area contributed by atoms with Crippen LogP contribution in [0.5, 0.6) is 0 Å².